The van der Waals surface area contributed by atoms with Crippen molar-refractivity contribution in [3.05, 3.63) is 58.9 Å². The Hall–Kier alpha value is -1.91. The highest BCUT2D eigenvalue weighted by molar-refractivity contribution is 5.36. The molecule has 0 saturated heterocycles. The maximum absolute atomic E-state index is 5.75. The SMILES string of the molecule is Cc1cc(C(NN)c2ccc(OC(C)C)cc2)cc(C)n1. The van der Waals surface area contributed by atoms with E-state index in [4.69, 9.17) is 10.6 Å². The van der Waals surface area contributed by atoms with Gasteiger partial charge in [0, 0.05) is 11.4 Å². The van der Waals surface area contributed by atoms with Crippen LogP contribution in [0.3, 0.4) is 0 Å². The third-order valence-electron chi connectivity index (χ3n) is 3.19. The number of ether oxygens (including phenoxy) is 1. The smallest absolute Gasteiger partial charge is 0.119 e. The Balaban J connectivity index is 2.28. The normalized spacial score (nSPS) is 12.5. The molecule has 0 aliphatic carbocycles. The van der Waals surface area contributed by atoms with Crippen molar-refractivity contribution in [2.75, 3.05) is 0 Å². The van der Waals surface area contributed by atoms with Crippen LogP contribution in [0.15, 0.2) is 36.4 Å². The molecule has 0 saturated carbocycles. The third kappa shape index (κ3) is 4.03. The molecule has 21 heavy (non-hydrogen) atoms. The molecule has 0 bridgehead atoms. The summed E-state index contributed by atoms with van der Waals surface area (Å²) in [4.78, 5) is 4.40. The van der Waals surface area contributed by atoms with Gasteiger partial charge in [-0.2, -0.15) is 0 Å². The van der Waals surface area contributed by atoms with Crippen LogP contribution in [0.4, 0.5) is 0 Å². The molecule has 3 N–H and O–H groups in total. The van der Waals surface area contributed by atoms with Gasteiger partial charge in [-0.25, -0.2) is 5.43 Å². The third-order valence-corrected chi connectivity index (χ3v) is 3.19. The molecule has 4 heteroatoms. The van der Waals surface area contributed by atoms with Gasteiger partial charge in [0.25, 0.3) is 0 Å². The van der Waals surface area contributed by atoms with Crippen molar-refractivity contribution in [2.24, 2.45) is 5.84 Å². The second-order valence-electron chi connectivity index (χ2n) is 5.52. The summed E-state index contributed by atoms with van der Waals surface area (Å²) in [6, 6.07) is 12.1. The molecular formula is C17H23N3O. The number of rotatable bonds is 5. The van der Waals surface area contributed by atoms with Gasteiger partial charge in [0.15, 0.2) is 0 Å². The van der Waals surface area contributed by atoms with E-state index in [9.17, 15) is 0 Å². The Bertz CT molecular complexity index is 573. The van der Waals surface area contributed by atoms with E-state index >= 15 is 0 Å². The number of hydrogen-bond acceptors (Lipinski definition) is 4. The summed E-state index contributed by atoms with van der Waals surface area (Å²) in [6.07, 6.45) is 0.171. The minimum absolute atomic E-state index is 0.0569. The summed E-state index contributed by atoms with van der Waals surface area (Å²) in [5, 5.41) is 0. The van der Waals surface area contributed by atoms with Crippen molar-refractivity contribution in [1.29, 1.82) is 0 Å². The van der Waals surface area contributed by atoms with Gasteiger partial charge in [-0.05, 0) is 63.1 Å². The van der Waals surface area contributed by atoms with Crippen molar-refractivity contribution in [3.8, 4) is 5.75 Å². The number of hydrogen-bond donors (Lipinski definition) is 2. The van der Waals surface area contributed by atoms with Crippen LogP contribution in [-0.4, -0.2) is 11.1 Å². The van der Waals surface area contributed by atoms with E-state index in [1.165, 1.54) is 0 Å². The Labute approximate surface area is 126 Å². The minimum atomic E-state index is -0.0569. The fourth-order valence-corrected chi connectivity index (χ4v) is 2.43. The first-order valence-electron chi connectivity index (χ1n) is 7.17. The Kier molecular flexibility index (Phi) is 4.94. The number of nitrogens with two attached hydrogens (primary N) is 1. The Morgan fingerprint density at radius 2 is 1.57 bits per heavy atom. The average molecular weight is 285 g/mol. The van der Waals surface area contributed by atoms with E-state index in [1.54, 1.807) is 0 Å². The van der Waals surface area contributed by atoms with Crippen LogP contribution in [0.5, 0.6) is 5.75 Å². The van der Waals surface area contributed by atoms with Crippen LogP contribution < -0.4 is 16.0 Å². The minimum Gasteiger partial charge on any atom is -0.491 e. The second-order valence-corrected chi connectivity index (χ2v) is 5.52. The summed E-state index contributed by atoms with van der Waals surface area (Å²) in [5.41, 5.74) is 7.07. The summed E-state index contributed by atoms with van der Waals surface area (Å²) in [5.74, 6) is 6.62. The number of pyridine rings is 1. The van der Waals surface area contributed by atoms with Crippen LogP contribution in [0.1, 0.15) is 42.4 Å². The number of aromatic nitrogens is 1. The van der Waals surface area contributed by atoms with E-state index in [-0.39, 0.29) is 12.1 Å². The molecule has 1 aromatic heterocycles. The van der Waals surface area contributed by atoms with Gasteiger partial charge in [-0.15, -0.1) is 0 Å². The van der Waals surface area contributed by atoms with Gasteiger partial charge in [0.2, 0.25) is 0 Å². The fraction of sp³-hybridized carbons (Fsp3) is 0.353. The van der Waals surface area contributed by atoms with E-state index < -0.39 is 0 Å². The second kappa shape index (κ2) is 6.70. The molecule has 0 fully saturated rings. The topological polar surface area (TPSA) is 60.2 Å². The summed E-state index contributed by atoms with van der Waals surface area (Å²) >= 11 is 0. The maximum atomic E-state index is 5.75. The van der Waals surface area contributed by atoms with Crippen LogP contribution in [0.2, 0.25) is 0 Å². The molecule has 2 rings (SSSR count). The quantitative estimate of drug-likeness (QED) is 0.655. The lowest BCUT2D eigenvalue weighted by atomic mass is 9.98. The first-order chi connectivity index (χ1) is 9.99. The van der Waals surface area contributed by atoms with E-state index in [1.807, 2.05) is 52.0 Å². The first kappa shape index (κ1) is 15.5. The van der Waals surface area contributed by atoms with E-state index in [0.29, 0.717) is 0 Å². The monoisotopic (exact) mass is 285 g/mol. The fourth-order valence-electron chi connectivity index (χ4n) is 2.43. The van der Waals surface area contributed by atoms with Crippen molar-refractivity contribution in [2.45, 2.75) is 39.8 Å². The summed E-state index contributed by atoms with van der Waals surface area (Å²) in [7, 11) is 0. The molecule has 1 aromatic carbocycles. The van der Waals surface area contributed by atoms with Gasteiger partial charge < -0.3 is 4.74 Å². The van der Waals surface area contributed by atoms with Gasteiger partial charge in [-0.1, -0.05) is 12.1 Å². The number of nitrogens with zero attached hydrogens (tertiary/aromatic N) is 1. The van der Waals surface area contributed by atoms with Crippen molar-refractivity contribution >= 4 is 0 Å². The van der Waals surface area contributed by atoms with Gasteiger partial charge >= 0.3 is 0 Å². The summed E-state index contributed by atoms with van der Waals surface area (Å²) in [6.45, 7) is 8.01. The van der Waals surface area contributed by atoms with Crippen LogP contribution >= 0.6 is 0 Å². The zero-order chi connectivity index (χ0) is 15.4. The molecule has 112 valence electrons. The standard InChI is InChI=1S/C17H23N3O/c1-11(2)21-16-7-5-14(6-8-16)17(20-18)15-9-12(3)19-13(4)10-15/h5-11,17,20H,18H2,1-4H3. The molecule has 2 aromatic rings. The number of benzene rings is 1. The lowest BCUT2D eigenvalue weighted by molar-refractivity contribution is 0.242. The first-order valence-corrected chi connectivity index (χ1v) is 7.17. The molecule has 1 heterocycles. The number of aryl methyl sites for hydroxylation is 2. The Morgan fingerprint density at radius 3 is 2.05 bits per heavy atom. The highest BCUT2D eigenvalue weighted by atomic mass is 16.5. The molecule has 0 aliphatic rings. The van der Waals surface area contributed by atoms with Gasteiger partial charge in [0.1, 0.15) is 5.75 Å². The molecule has 0 aliphatic heterocycles. The van der Waals surface area contributed by atoms with Crippen LogP contribution in [0, 0.1) is 13.8 Å². The molecule has 1 atom stereocenters. The van der Waals surface area contributed by atoms with Crippen molar-refractivity contribution < 1.29 is 4.74 Å². The predicted molar refractivity (Wildman–Crippen MR) is 85.1 cm³/mol. The molecular weight excluding hydrogens is 262 g/mol. The van der Waals surface area contributed by atoms with Gasteiger partial charge in [0.05, 0.1) is 12.1 Å². The largest absolute Gasteiger partial charge is 0.491 e. The Morgan fingerprint density at radius 1 is 1.00 bits per heavy atom. The van der Waals surface area contributed by atoms with E-state index in [0.717, 1.165) is 28.3 Å². The molecule has 0 amide bonds. The van der Waals surface area contributed by atoms with E-state index in [2.05, 4.69) is 22.5 Å². The predicted octanol–water partition coefficient (Wildman–Crippen LogP) is 3.04. The van der Waals surface area contributed by atoms with Crippen LogP contribution in [0.25, 0.3) is 0 Å². The van der Waals surface area contributed by atoms with Crippen LogP contribution in [-0.2, 0) is 0 Å². The highest BCUT2D eigenvalue weighted by Gasteiger charge is 2.13. The zero-order valence-corrected chi connectivity index (χ0v) is 13.1. The highest BCUT2D eigenvalue weighted by Crippen LogP contribution is 2.24. The molecule has 0 radical (unpaired) electrons. The summed E-state index contributed by atoms with van der Waals surface area (Å²) < 4.78 is 5.66. The molecule has 0 spiro atoms. The zero-order valence-electron chi connectivity index (χ0n) is 13.1. The molecule has 4 nitrogen and oxygen atoms in total. The van der Waals surface area contributed by atoms with Crippen molar-refractivity contribution in [1.82, 2.24) is 10.4 Å². The lowest BCUT2D eigenvalue weighted by Crippen LogP contribution is -2.29. The van der Waals surface area contributed by atoms with Crippen molar-refractivity contribution in [3.63, 3.8) is 0 Å². The maximum Gasteiger partial charge on any atom is 0.119 e. The number of nitrogens with one attached hydrogen (secondary N) is 1. The van der Waals surface area contributed by atoms with Gasteiger partial charge in [-0.3, -0.25) is 10.8 Å². The number of hydrazine groups is 1. The average Bonchev–Trinajstić information content (AvgIpc) is 2.40. The molecule has 1 unspecified atom stereocenters. The lowest BCUT2D eigenvalue weighted by Gasteiger charge is -2.18.